The summed E-state index contributed by atoms with van der Waals surface area (Å²) < 4.78 is 16.7. The fourth-order valence-corrected chi connectivity index (χ4v) is 9.74. The maximum absolute atomic E-state index is 13.0. The van der Waals surface area contributed by atoms with Crippen molar-refractivity contribution < 1.29 is 49.3 Å². The standard InChI is InChI=1S/C63H117NO10/c1-3-5-7-9-11-13-15-16-23-26-30-33-37-41-45-49-56(66)55(54-73-63-62(71)61(70)60(69)57(53-65)74-63)64-58(67)50-46-42-38-34-31-27-24-21-19-17-18-20-22-25-28-32-36-40-44-48-52-72-59(68)51-47-43-39-35-29-14-12-10-8-6-4-2/h17,19,30,33,45,49,55-57,60-63,65-66,69-71H,3-16,18,20-29,31-32,34-44,46-48,50-54H2,1-2H3,(H,64,67)/b19-17-,33-30+,49-45+. The Morgan fingerprint density at radius 3 is 1.34 bits per heavy atom. The molecule has 7 unspecified atom stereocenters. The number of aliphatic hydroxyl groups excluding tert-OH is 5. The van der Waals surface area contributed by atoms with Gasteiger partial charge in [-0.05, 0) is 70.6 Å². The van der Waals surface area contributed by atoms with Gasteiger partial charge in [-0.3, -0.25) is 9.59 Å². The third kappa shape index (κ3) is 42.0. The minimum atomic E-state index is -1.58. The van der Waals surface area contributed by atoms with Gasteiger partial charge in [-0.2, -0.15) is 0 Å². The van der Waals surface area contributed by atoms with E-state index in [4.69, 9.17) is 14.2 Å². The van der Waals surface area contributed by atoms with E-state index in [1.54, 1.807) is 6.08 Å². The second-order valence-corrected chi connectivity index (χ2v) is 21.8. The van der Waals surface area contributed by atoms with Crippen molar-refractivity contribution in [3.63, 3.8) is 0 Å². The summed E-state index contributed by atoms with van der Waals surface area (Å²) >= 11 is 0. The van der Waals surface area contributed by atoms with Crippen molar-refractivity contribution in [2.24, 2.45) is 0 Å². The maximum Gasteiger partial charge on any atom is 0.305 e. The van der Waals surface area contributed by atoms with Crippen LogP contribution in [0, 0.1) is 0 Å². The highest BCUT2D eigenvalue weighted by molar-refractivity contribution is 5.76. The molecular formula is C63H117NO10. The van der Waals surface area contributed by atoms with Gasteiger partial charge in [0.2, 0.25) is 5.91 Å². The minimum absolute atomic E-state index is 0.00856. The molecule has 1 amide bonds. The largest absolute Gasteiger partial charge is 0.466 e. The van der Waals surface area contributed by atoms with E-state index >= 15 is 0 Å². The molecule has 1 saturated heterocycles. The molecule has 1 aliphatic heterocycles. The van der Waals surface area contributed by atoms with Crippen LogP contribution in [0.1, 0.15) is 290 Å². The first kappa shape index (κ1) is 69.9. The molecule has 0 aromatic rings. The zero-order valence-electron chi connectivity index (χ0n) is 47.8. The Labute approximate surface area is 453 Å². The Balaban J connectivity index is 2.12. The summed E-state index contributed by atoms with van der Waals surface area (Å²) in [7, 11) is 0. The van der Waals surface area contributed by atoms with Gasteiger partial charge in [0.15, 0.2) is 6.29 Å². The monoisotopic (exact) mass is 1050 g/mol. The Bertz CT molecular complexity index is 1320. The van der Waals surface area contributed by atoms with Crippen molar-refractivity contribution in [1.29, 1.82) is 0 Å². The quantitative estimate of drug-likeness (QED) is 0.0195. The summed E-state index contributed by atoms with van der Waals surface area (Å²) in [5.74, 6) is -0.208. The molecule has 0 aliphatic carbocycles. The topological polar surface area (TPSA) is 175 Å². The number of hydrogen-bond acceptors (Lipinski definition) is 10. The lowest BCUT2D eigenvalue weighted by Gasteiger charge is -2.40. The van der Waals surface area contributed by atoms with Crippen LogP contribution in [0.3, 0.4) is 0 Å². The van der Waals surface area contributed by atoms with E-state index in [9.17, 15) is 35.1 Å². The van der Waals surface area contributed by atoms with Gasteiger partial charge < -0.3 is 45.1 Å². The van der Waals surface area contributed by atoms with Crippen LogP contribution >= 0.6 is 0 Å². The molecule has 1 fully saturated rings. The number of carbonyl (C=O) groups excluding carboxylic acids is 2. The summed E-state index contributed by atoms with van der Waals surface area (Å²) in [6, 6.07) is -0.834. The second-order valence-electron chi connectivity index (χ2n) is 21.8. The number of esters is 1. The van der Waals surface area contributed by atoms with Crippen LogP contribution in [0.15, 0.2) is 36.5 Å². The summed E-state index contributed by atoms with van der Waals surface area (Å²) in [5, 5.41) is 54.4. The molecule has 1 aliphatic rings. The van der Waals surface area contributed by atoms with Crippen molar-refractivity contribution in [1.82, 2.24) is 5.32 Å². The first-order valence-corrected chi connectivity index (χ1v) is 31.3. The van der Waals surface area contributed by atoms with E-state index in [0.717, 1.165) is 77.0 Å². The Hall–Kier alpha value is -2.12. The molecule has 0 bridgehead atoms. The van der Waals surface area contributed by atoms with E-state index in [1.165, 1.54) is 186 Å². The number of hydrogen-bond donors (Lipinski definition) is 6. The van der Waals surface area contributed by atoms with Crippen LogP contribution in [0.5, 0.6) is 0 Å². The number of carbonyl (C=O) groups is 2. The molecule has 0 spiro atoms. The number of aliphatic hydroxyl groups is 5. The van der Waals surface area contributed by atoms with Crippen LogP contribution in [0.2, 0.25) is 0 Å². The molecule has 1 heterocycles. The van der Waals surface area contributed by atoms with Gasteiger partial charge in [0.05, 0.1) is 32.0 Å². The van der Waals surface area contributed by atoms with Gasteiger partial charge in [0, 0.05) is 12.8 Å². The van der Waals surface area contributed by atoms with Gasteiger partial charge in [-0.15, -0.1) is 0 Å². The van der Waals surface area contributed by atoms with Gasteiger partial charge >= 0.3 is 5.97 Å². The van der Waals surface area contributed by atoms with E-state index in [2.05, 4.69) is 43.5 Å². The highest BCUT2D eigenvalue weighted by atomic mass is 16.7. The average Bonchev–Trinajstić information content (AvgIpc) is 3.40. The SMILES string of the molecule is CCCCCCCCCCC/C=C/CC/C=C/C(O)C(COC1OC(CO)C(O)C(O)C1O)NC(=O)CCCCCCCCC/C=C\CCCCCCCCCCCOC(=O)CCCCCCCCCCCCC. The van der Waals surface area contributed by atoms with Crippen LogP contribution in [0.4, 0.5) is 0 Å². The highest BCUT2D eigenvalue weighted by Crippen LogP contribution is 2.23. The van der Waals surface area contributed by atoms with Crippen molar-refractivity contribution in [2.75, 3.05) is 19.8 Å². The normalized spacial score (nSPS) is 19.0. The molecule has 0 aromatic carbocycles. The predicted octanol–water partition coefficient (Wildman–Crippen LogP) is 14.7. The van der Waals surface area contributed by atoms with Gasteiger partial charge in [-0.25, -0.2) is 0 Å². The van der Waals surface area contributed by atoms with Crippen molar-refractivity contribution in [3.8, 4) is 0 Å². The molecule has 6 N–H and O–H groups in total. The number of nitrogens with one attached hydrogen (secondary N) is 1. The smallest absolute Gasteiger partial charge is 0.305 e. The van der Waals surface area contributed by atoms with Crippen molar-refractivity contribution in [3.05, 3.63) is 36.5 Å². The molecule has 74 heavy (non-hydrogen) atoms. The minimum Gasteiger partial charge on any atom is -0.466 e. The van der Waals surface area contributed by atoms with Crippen molar-refractivity contribution >= 4 is 11.9 Å². The highest BCUT2D eigenvalue weighted by Gasteiger charge is 2.44. The number of amides is 1. The molecule has 7 atom stereocenters. The lowest BCUT2D eigenvalue weighted by Crippen LogP contribution is -2.60. The molecule has 0 saturated carbocycles. The van der Waals surface area contributed by atoms with Gasteiger partial charge in [0.25, 0.3) is 0 Å². The van der Waals surface area contributed by atoms with Crippen LogP contribution in [-0.2, 0) is 23.8 Å². The van der Waals surface area contributed by atoms with Crippen LogP contribution in [0.25, 0.3) is 0 Å². The lowest BCUT2D eigenvalue weighted by atomic mass is 9.99. The third-order valence-electron chi connectivity index (χ3n) is 14.7. The number of unbranched alkanes of at least 4 members (excludes halogenated alkanes) is 36. The number of allylic oxidation sites excluding steroid dienone is 5. The summed E-state index contributed by atoms with van der Waals surface area (Å²) in [6.45, 7) is 4.32. The second kappa shape index (κ2) is 52.9. The zero-order chi connectivity index (χ0) is 53.8. The Morgan fingerprint density at radius 1 is 0.486 bits per heavy atom. The summed E-state index contributed by atoms with van der Waals surface area (Å²) in [4.78, 5) is 25.1. The molecule has 0 radical (unpaired) electrons. The van der Waals surface area contributed by atoms with Gasteiger partial charge in [-0.1, -0.05) is 243 Å². The van der Waals surface area contributed by atoms with E-state index in [1.807, 2.05) is 6.08 Å². The average molecular weight is 1050 g/mol. The third-order valence-corrected chi connectivity index (χ3v) is 14.7. The molecule has 1 rings (SSSR count). The van der Waals surface area contributed by atoms with Gasteiger partial charge in [0.1, 0.15) is 24.4 Å². The molecular weight excluding hydrogens is 931 g/mol. The Kier molecular flexibility index (Phi) is 50.0. The molecule has 434 valence electrons. The summed E-state index contributed by atoms with van der Waals surface area (Å²) in [6.07, 6.45) is 55.2. The first-order valence-electron chi connectivity index (χ1n) is 31.3. The fourth-order valence-electron chi connectivity index (χ4n) is 9.74. The van der Waals surface area contributed by atoms with Crippen molar-refractivity contribution in [2.45, 2.75) is 333 Å². The first-order chi connectivity index (χ1) is 36.2. The van der Waals surface area contributed by atoms with Crippen LogP contribution < -0.4 is 5.32 Å². The number of ether oxygens (including phenoxy) is 3. The Morgan fingerprint density at radius 2 is 0.878 bits per heavy atom. The molecule has 11 heteroatoms. The van der Waals surface area contributed by atoms with Crippen LogP contribution in [-0.4, -0.2) is 100 Å². The van der Waals surface area contributed by atoms with E-state index in [0.29, 0.717) is 19.4 Å². The lowest BCUT2D eigenvalue weighted by molar-refractivity contribution is -0.302. The molecule has 11 nitrogen and oxygen atoms in total. The van der Waals surface area contributed by atoms with E-state index < -0.39 is 49.5 Å². The predicted molar refractivity (Wildman–Crippen MR) is 306 cm³/mol. The zero-order valence-corrected chi connectivity index (χ0v) is 47.8. The summed E-state index contributed by atoms with van der Waals surface area (Å²) in [5.41, 5.74) is 0. The molecule has 0 aromatic heterocycles. The van der Waals surface area contributed by atoms with E-state index in [-0.39, 0.29) is 18.5 Å². The number of rotatable bonds is 54. The fraction of sp³-hybridized carbons (Fsp3) is 0.873. The maximum atomic E-state index is 13.0.